The van der Waals surface area contributed by atoms with Crippen molar-refractivity contribution in [1.82, 2.24) is 21.1 Å². The summed E-state index contributed by atoms with van der Waals surface area (Å²) in [5, 5.41) is 3.46. The molecule has 3 aromatic rings. The topological polar surface area (TPSA) is 69.7 Å². The molecule has 1 fully saturated rings. The number of anilines is 1. The molecule has 2 N–H and O–H groups in total. The van der Waals surface area contributed by atoms with Gasteiger partial charge in [0, 0.05) is 29.3 Å². The number of nitrogens with one attached hydrogen (secondary N) is 2. The number of hydrogen-bond acceptors (Lipinski definition) is 5. The molecule has 0 spiro atoms. The second-order valence-corrected chi connectivity index (χ2v) is 6.62. The van der Waals surface area contributed by atoms with Gasteiger partial charge < -0.3 is 4.74 Å². The summed E-state index contributed by atoms with van der Waals surface area (Å²) in [7, 11) is 1.64. The van der Waals surface area contributed by atoms with E-state index >= 15 is 0 Å². The monoisotopic (exact) mass is 395 g/mol. The lowest BCUT2D eigenvalue weighted by Crippen LogP contribution is -2.38. The van der Waals surface area contributed by atoms with Gasteiger partial charge in [0.1, 0.15) is 6.61 Å². The maximum Gasteiger partial charge on any atom is 0.355 e. The lowest BCUT2D eigenvalue weighted by atomic mass is 10.1. The summed E-state index contributed by atoms with van der Waals surface area (Å²) < 4.78 is 5.90. The van der Waals surface area contributed by atoms with Gasteiger partial charge in [0.25, 0.3) is 0 Å². The fraction of sp³-hybridized carbons (Fsp3) is 0.100. The van der Waals surface area contributed by atoms with E-state index in [0.717, 1.165) is 16.8 Å². The predicted octanol–water partition coefficient (Wildman–Crippen LogP) is 3.78. The average molecular weight is 396 g/mol. The largest absolute Gasteiger partial charge is 0.473 e. The normalized spacial score (nSPS) is 13.9. The van der Waals surface area contributed by atoms with Gasteiger partial charge in [-0.05, 0) is 24.3 Å². The van der Waals surface area contributed by atoms with E-state index in [1.807, 2.05) is 60.7 Å². The summed E-state index contributed by atoms with van der Waals surface area (Å²) in [6, 6.07) is 20.4. The van der Waals surface area contributed by atoms with E-state index in [4.69, 9.17) is 16.3 Å². The third-order valence-electron chi connectivity index (χ3n) is 4.28. The summed E-state index contributed by atoms with van der Waals surface area (Å²) in [5.41, 5.74) is 8.87. The molecule has 2 amide bonds. The predicted molar refractivity (Wildman–Crippen MR) is 107 cm³/mol. The van der Waals surface area contributed by atoms with Crippen molar-refractivity contribution in [3.63, 3.8) is 0 Å². The highest BCUT2D eigenvalue weighted by molar-refractivity contribution is 6.30. The molecule has 7 nitrogen and oxygen atoms in total. The molecule has 28 heavy (non-hydrogen) atoms. The van der Waals surface area contributed by atoms with E-state index in [1.165, 1.54) is 10.0 Å². The Kier molecular flexibility index (Phi) is 5.12. The van der Waals surface area contributed by atoms with E-state index in [-0.39, 0.29) is 12.6 Å². The molecule has 1 aliphatic heterocycles. The molecule has 2 aromatic carbocycles. The van der Waals surface area contributed by atoms with Gasteiger partial charge in [0.2, 0.25) is 5.88 Å². The van der Waals surface area contributed by atoms with Crippen LogP contribution in [0.5, 0.6) is 5.88 Å². The number of halogens is 1. The lowest BCUT2D eigenvalue weighted by molar-refractivity contribution is 0.214. The van der Waals surface area contributed by atoms with Crippen LogP contribution in [-0.4, -0.2) is 23.1 Å². The summed E-state index contributed by atoms with van der Waals surface area (Å²) in [5.74, 6) is 0.498. The molecule has 8 heteroatoms. The number of hydrogen-bond donors (Lipinski definition) is 2. The van der Waals surface area contributed by atoms with Gasteiger partial charge >= 0.3 is 6.03 Å². The number of nitrogens with zero attached hydrogens (tertiary/aromatic N) is 3. The fourth-order valence-electron chi connectivity index (χ4n) is 2.81. The molecule has 0 bridgehead atoms. The van der Waals surface area contributed by atoms with Crippen molar-refractivity contribution in [2.45, 2.75) is 6.61 Å². The van der Waals surface area contributed by atoms with Gasteiger partial charge in [-0.15, -0.1) is 11.1 Å². The van der Waals surface area contributed by atoms with Crippen molar-refractivity contribution in [3.8, 4) is 17.1 Å². The van der Waals surface area contributed by atoms with Crippen LogP contribution < -0.4 is 20.8 Å². The van der Waals surface area contributed by atoms with Crippen molar-refractivity contribution in [1.29, 1.82) is 0 Å². The standard InChI is InChI=1S/C20H18ClN5O2/c1-25-20(27)26(24-23-25)18-7-3-2-5-15(18)13-28-19-8-4-6-17(22-19)14-9-11-16(21)12-10-14/h2-12,23-24H,13H2,1H3. The van der Waals surface area contributed by atoms with Crippen LogP contribution in [0.3, 0.4) is 0 Å². The van der Waals surface area contributed by atoms with Crippen LogP contribution >= 0.6 is 11.6 Å². The van der Waals surface area contributed by atoms with Crippen molar-refractivity contribution in [2.24, 2.45) is 0 Å². The Morgan fingerprint density at radius 2 is 1.79 bits per heavy atom. The fourth-order valence-corrected chi connectivity index (χ4v) is 2.94. The van der Waals surface area contributed by atoms with Crippen LogP contribution in [-0.2, 0) is 6.61 Å². The highest BCUT2D eigenvalue weighted by Crippen LogP contribution is 2.25. The number of benzene rings is 2. The molecule has 142 valence electrons. The Morgan fingerprint density at radius 3 is 2.54 bits per heavy atom. The van der Waals surface area contributed by atoms with Gasteiger partial charge in [0.15, 0.2) is 0 Å². The van der Waals surface area contributed by atoms with Gasteiger partial charge in [-0.1, -0.05) is 48.0 Å². The van der Waals surface area contributed by atoms with Crippen LogP contribution in [0.2, 0.25) is 5.02 Å². The maximum atomic E-state index is 12.2. The quantitative estimate of drug-likeness (QED) is 0.688. The van der Waals surface area contributed by atoms with E-state index in [1.54, 1.807) is 13.1 Å². The molecule has 0 saturated carbocycles. The number of carbonyl (C=O) groups is 1. The average Bonchev–Trinajstić information content (AvgIpc) is 3.06. The highest BCUT2D eigenvalue weighted by atomic mass is 35.5. The zero-order valence-electron chi connectivity index (χ0n) is 15.1. The third-order valence-corrected chi connectivity index (χ3v) is 4.53. The number of para-hydroxylation sites is 1. The first-order valence-corrected chi connectivity index (χ1v) is 9.02. The molecule has 0 unspecified atom stereocenters. The van der Waals surface area contributed by atoms with E-state index in [0.29, 0.717) is 16.6 Å². The molecule has 1 saturated heterocycles. The van der Waals surface area contributed by atoms with Crippen LogP contribution in [0.25, 0.3) is 11.3 Å². The van der Waals surface area contributed by atoms with Crippen molar-refractivity contribution in [3.05, 3.63) is 77.3 Å². The molecule has 0 aliphatic carbocycles. The molecule has 1 aromatic heterocycles. The zero-order chi connectivity index (χ0) is 19.5. The van der Waals surface area contributed by atoms with Crippen LogP contribution in [0.1, 0.15) is 5.56 Å². The minimum Gasteiger partial charge on any atom is -0.473 e. The van der Waals surface area contributed by atoms with E-state index in [9.17, 15) is 4.79 Å². The number of amides is 2. The number of rotatable bonds is 5. The number of pyridine rings is 1. The Labute approximate surface area is 167 Å². The Bertz CT molecular complexity index is 996. The van der Waals surface area contributed by atoms with Gasteiger partial charge in [-0.3, -0.25) is 0 Å². The van der Waals surface area contributed by atoms with E-state index in [2.05, 4.69) is 16.1 Å². The van der Waals surface area contributed by atoms with Crippen molar-refractivity contribution in [2.75, 3.05) is 12.1 Å². The number of urea groups is 1. The second kappa shape index (κ2) is 7.85. The number of carbonyl (C=O) groups excluding carboxylic acids is 1. The number of ether oxygens (including phenoxy) is 1. The first-order valence-electron chi connectivity index (χ1n) is 8.64. The minimum absolute atomic E-state index is 0.213. The maximum absolute atomic E-state index is 12.2. The second-order valence-electron chi connectivity index (χ2n) is 6.19. The Hall–Kier alpha value is -3.13. The van der Waals surface area contributed by atoms with Crippen molar-refractivity contribution < 1.29 is 9.53 Å². The zero-order valence-corrected chi connectivity index (χ0v) is 15.8. The smallest absolute Gasteiger partial charge is 0.355 e. The first kappa shape index (κ1) is 18.2. The van der Waals surface area contributed by atoms with Crippen molar-refractivity contribution >= 4 is 23.3 Å². The van der Waals surface area contributed by atoms with Gasteiger partial charge in [-0.25, -0.2) is 19.8 Å². The molecule has 0 atom stereocenters. The van der Waals surface area contributed by atoms with Crippen LogP contribution in [0.4, 0.5) is 10.5 Å². The number of hydrazine groups is 3. The van der Waals surface area contributed by atoms with Crippen LogP contribution in [0.15, 0.2) is 66.7 Å². The highest BCUT2D eigenvalue weighted by Gasteiger charge is 2.28. The Balaban J connectivity index is 1.52. The molecule has 1 aliphatic rings. The summed E-state index contributed by atoms with van der Waals surface area (Å²) >= 11 is 5.95. The van der Waals surface area contributed by atoms with E-state index < -0.39 is 0 Å². The summed E-state index contributed by atoms with van der Waals surface area (Å²) in [6.07, 6.45) is 0. The minimum atomic E-state index is -0.213. The molecular weight excluding hydrogens is 378 g/mol. The molecule has 2 heterocycles. The molecule has 0 radical (unpaired) electrons. The van der Waals surface area contributed by atoms with Gasteiger partial charge in [-0.2, -0.15) is 0 Å². The number of aromatic nitrogens is 1. The SMILES string of the molecule is CN1NNN(c2ccccc2COc2cccc(-c3ccc(Cl)cc3)n2)C1=O. The van der Waals surface area contributed by atoms with Crippen LogP contribution in [0, 0.1) is 0 Å². The lowest BCUT2D eigenvalue weighted by Gasteiger charge is -2.18. The first-order chi connectivity index (χ1) is 13.6. The third kappa shape index (κ3) is 3.77. The Morgan fingerprint density at radius 1 is 1.00 bits per heavy atom. The molecule has 4 rings (SSSR count). The summed E-state index contributed by atoms with van der Waals surface area (Å²) in [4.78, 5) is 16.8. The van der Waals surface area contributed by atoms with Gasteiger partial charge in [0.05, 0.1) is 11.4 Å². The molecular formula is C20H18ClN5O2. The summed E-state index contributed by atoms with van der Waals surface area (Å²) in [6.45, 7) is 0.266.